The van der Waals surface area contributed by atoms with E-state index in [0.717, 1.165) is 4.31 Å². The topological polar surface area (TPSA) is 124 Å². The van der Waals surface area contributed by atoms with Crippen LogP contribution < -0.4 is 5.73 Å². The molecule has 1 fully saturated rings. The molecular weight excluding hydrogens is 504 g/mol. The van der Waals surface area contributed by atoms with E-state index in [4.69, 9.17) is 10.5 Å². The van der Waals surface area contributed by atoms with Crippen LogP contribution in [-0.4, -0.2) is 52.8 Å². The minimum Gasteiger partial charge on any atom is -0.371 e. The van der Waals surface area contributed by atoms with E-state index in [0.29, 0.717) is 12.1 Å². The number of benzene rings is 2. The Bertz CT molecular complexity index is 1440. The highest BCUT2D eigenvalue weighted by Crippen LogP contribution is 2.42. The molecule has 0 radical (unpaired) electrons. The molecule has 2 aromatic rings. The third-order valence-electron chi connectivity index (χ3n) is 5.44. The summed E-state index contributed by atoms with van der Waals surface area (Å²) in [4.78, 5) is 10.4. The second-order valence-electron chi connectivity index (χ2n) is 7.47. The number of primary amides is 1. The number of fused-ring (bicyclic) bond motifs is 1. The monoisotopic (exact) mass is 520 g/mol. The Balaban J connectivity index is 1.74. The lowest BCUT2D eigenvalue weighted by atomic mass is 9.99. The van der Waals surface area contributed by atoms with Crippen LogP contribution in [0.1, 0.15) is 11.1 Å². The maximum atomic E-state index is 14.0. The van der Waals surface area contributed by atoms with E-state index in [2.05, 4.69) is 0 Å². The first kappa shape index (κ1) is 24.3. The number of rotatable bonds is 4. The number of halogens is 4. The van der Waals surface area contributed by atoms with Crippen LogP contribution in [-0.2, 0) is 35.6 Å². The van der Waals surface area contributed by atoms with Gasteiger partial charge in [0.2, 0.25) is 19.9 Å². The fourth-order valence-electron chi connectivity index (χ4n) is 3.94. The van der Waals surface area contributed by atoms with E-state index in [1.165, 1.54) is 24.3 Å². The number of amides is 1. The minimum absolute atomic E-state index is 0.110. The van der Waals surface area contributed by atoms with Gasteiger partial charge in [-0.25, -0.2) is 21.2 Å². The van der Waals surface area contributed by atoms with Gasteiger partial charge in [0.15, 0.2) is 0 Å². The van der Waals surface area contributed by atoms with Gasteiger partial charge in [0, 0.05) is 24.2 Å². The van der Waals surface area contributed by atoms with Crippen molar-refractivity contribution in [3.05, 3.63) is 64.3 Å². The molecule has 0 aromatic heterocycles. The quantitative estimate of drug-likeness (QED) is 0.615. The van der Waals surface area contributed by atoms with Crippen LogP contribution in [0.5, 0.6) is 0 Å². The Morgan fingerprint density at radius 1 is 1.15 bits per heavy atom. The summed E-state index contributed by atoms with van der Waals surface area (Å²) in [5.41, 5.74) is 3.73. The molecule has 2 heterocycles. The van der Waals surface area contributed by atoms with Crippen molar-refractivity contribution in [3.8, 4) is 0 Å². The predicted octanol–water partition coefficient (Wildman–Crippen LogP) is 1.92. The summed E-state index contributed by atoms with van der Waals surface area (Å²) in [5.74, 6) is -3.01. The van der Waals surface area contributed by atoms with Crippen molar-refractivity contribution < 1.29 is 43.9 Å². The zero-order valence-corrected chi connectivity index (χ0v) is 18.7. The Morgan fingerprint density at radius 3 is 2.44 bits per heavy atom. The van der Waals surface area contributed by atoms with Gasteiger partial charge in [-0.3, -0.25) is 4.79 Å². The van der Waals surface area contributed by atoms with Crippen molar-refractivity contribution in [2.24, 2.45) is 5.73 Å². The number of hydrogen-bond donors (Lipinski definition) is 1. The smallest absolute Gasteiger partial charge is 0.371 e. The van der Waals surface area contributed by atoms with E-state index in [1.807, 2.05) is 0 Å². The second kappa shape index (κ2) is 8.15. The lowest BCUT2D eigenvalue weighted by Gasteiger charge is -2.33. The molecule has 1 atom stereocenters. The molecule has 4 rings (SSSR count). The highest BCUT2D eigenvalue weighted by Gasteiger charge is 2.44. The normalized spacial score (nSPS) is 20.9. The SMILES string of the molecule is NC(=O)C1=C([C@@H]2CN(S(=O)(=O)c3ccc(C(F)(F)F)c(F)c3)CCO2)c2ccccc2S1(=O)=O. The van der Waals surface area contributed by atoms with E-state index in [1.54, 1.807) is 0 Å². The third-order valence-corrected chi connectivity index (χ3v) is 9.19. The number of ether oxygens (including phenoxy) is 1. The third kappa shape index (κ3) is 3.89. The van der Waals surface area contributed by atoms with Crippen molar-refractivity contribution in [1.82, 2.24) is 4.31 Å². The zero-order valence-electron chi connectivity index (χ0n) is 17.0. The van der Waals surface area contributed by atoms with Crippen molar-refractivity contribution in [2.45, 2.75) is 22.1 Å². The molecule has 1 amide bonds. The molecule has 182 valence electrons. The number of alkyl halides is 3. The highest BCUT2D eigenvalue weighted by atomic mass is 32.2. The van der Waals surface area contributed by atoms with Crippen LogP contribution in [0.25, 0.3) is 5.57 Å². The lowest BCUT2D eigenvalue weighted by Crippen LogP contribution is -2.46. The molecule has 0 unspecified atom stereocenters. The molecule has 34 heavy (non-hydrogen) atoms. The fourth-order valence-corrected chi connectivity index (χ4v) is 7.12. The molecule has 0 spiro atoms. The average Bonchev–Trinajstić information content (AvgIpc) is 3.00. The molecule has 2 aliphatic rings. The second-order valence-corrected chi connectivity index (χ2v) is 11.3. The summed E-state index contributed by atoms with van der Waals surface area (Å²) in [6.07, 6.45) is -6.24. The van der Waals surface area contributed by atoms with Gasteiger partial charge in [0.1, 0.15) is 10.7 Å². The van der Waals surface area contributed by atoms with Gasteiger partial charge in [-0.05, 0) is 24.3 Å². The summed E-state index contributed by atoms with van der Waals surface area (Å²) >= 11 is 0. The maximum Gasteiger partial charge on any atom is 0.419 e. The Morgan fingerprint density at radius 2 is 1.82 bits per heavy atom. The van der Waals surface area contributed by atoms with Gasteiger partial charge in [0.25, 0.3) is 5.91 Å². The number of hydrogen-bond acceptors (Lipinski definition) is 6. The molecule has 0 bridgehead atoms. The van der Waals surface area contributed by atoms with Crippen LogP contribution >= 0.6 is 0 Å². The zero-order chi connectivity index (χ0) is 25.1. The van der Waals surface area contributed by atoms with E-state index in [9.17, 15) is 39.2 Å². The van der Waals surface area contributed by atoms with E-state index < -0.39 is 65.8 Å². The van der Waals surface area contributed by atoms with Crippen molar-refractivity contribution in [2.75, 3.05) is 19.7 Å². The first-order chi connectivity index (χ1) is 15.8. The number of sulfonamides is 1. The van der Waals surface area contributed by atoms with Gasteiger partial charge in [-0.1, -0.05) is 18.2 Å². The number of nitrogens with two attached hydrogens (primary N) is 1. The fraction of sp³-hybridized carbons (Fsp3) is 0.250. The van der Waals surface area contributed by atoms with Crippen LogP contribution in [0.4, 0.5) is 17.6 Å². The molecule has 1 saturated heterocycles. The maximum absolute atomic E-state index is 14.0. The van der Waals surface area contributed by atoms with Crippen LogP contribution in [0.3, 0.4) is 0 Å². The Kier molecular flexibility index (Phi) is 5.83. The summed E-state index contributed by atoms with van der Waals surface area (Å²) in [5, 5.41) is 0. The minimum atomic E-state index is -5.00. The molecule has 8 nitrogen and oxygen atoms in total. The van der Waals surface area contributed by atoms with Gasteiger partial charge < -0.3 is 10.5 Å². The summed E-state index contributed by atoms with van der Waals surface area (Å²) < 4.78 is 111. The first-order valence-electron chi connectivity index (χ1n) is 9.63. The number of sulfone groups is 1. The molecular formula is C20H16F4N2O6S2. The summed E-state index contributed by atoms with van der Waals surface area (Å²) in [6.45, 7) is -0.958. The first-order valence-corrected chi connectivity index (χ1v) is 12.6. The van der Waals surface area contributed by atoms with Gasteiger partial charge in [0.05, 0.1) is 28.1 Å². The molecule has 2 aliphatic heterocycles. The lowest BCUT2D eigenvalue weighted by molar-refractivity contribution is -0.140. The van der Waals surface area contributed by atoms with Gasteiger partial charge in [-0.15, -0.1) is 0 Å². The Hall–Kier alpha value is -2.81. The number of morpholine rings is 1. The van der Waals surface area contributed by atoms with Crippen LogP contribution in [0.2, 0.25) is 0 Å². The standard InChI is InChI=1S/C20H16F4N2O6S2/c21-14-9-11(5-6-13(14)20(22,23)24)34(30,31)26-7-8-32-15(10-26)17-12-3-1-2-4-16(12)33(28,29)18(17)19(25)27/h1-6,9,15H,7-8,10H2,(H2,25,27)/t15-/m0/s1. The number of carbonyl (C=O) groups is 1. The molecule has 0 aliphatic carbocycles. The van der Waals surface area contributed by atoms with Crippen molar-refractivity contribution in [3.63, 3.8) is 0 Å². The van der Waals surface area contributed by atoms with E-state index in [-0.39, 0.29) is 35.3 Å². The molecule has 2 aromatic carbocycles. The number of carbonyl (C=O) groups excluding carboxylic acids is 1. The van der Waals surface area contributed by atoms with Crippen LogP contribution in [0.15, 0.2) is 57.2 Å². The van der Waals surface area contributed by atoms with Gasteiger partial charge >= 0.3 is 6.18 Å². The summed E-state index contributed by atoms with van der Waals surface area (Å²) in [6, 6.07) is 6.87. The Labute approximate surface area is 191 Å². The van der Waals surface area contributed by atoms with Crippen molar-refractivity contribution >= 4 is 31.3 Å². The summed E-state index contributed by atoms with van der Waals surface area (Å²) in [7, 11) is -8.77. The molecule has 0 saturated carbocycles. The predicted molar refractivity (Wildman–Crippen MR) is 110 cm³/mol. The van der Waals surface area contributed by atoms with E-state index >= 15 is 0 Å². The van der Waals surface area contributed by atoms with Crippen LogP contribution in [0, 0.1) is 5.82 Å². The number of nitrogens with zero attached hydrogens (tertiary/aromatic N) is 1. The van der Waals surface area contributed by atoms with Crippen molar-refractivity contribution in [1.29, 1.82) is 0 Å². The molecule has 14 heteroatoms. The van der Waals surface area contributed by atoms with Gasteiger partial charge in [-0.2, -0.15) is 17.5 Å². The highest BCUT2D eigenvalue weighted by molar-refractivity contribution is 7.97. The molecule has 2 N–H and O–H groups in total. The average molecular weight is 520 g/mol. The largest absolute Gasteiger partial charge is 0.419 e.